The third-order valence-corrected chi connectivity index (χ3v) is 4.28. The summed E-state index contributed by atoms with van der Waals surface area (Å²) in [6.45, 7) is 4.70. The van der Waals surface area contributed by atoms with Gasteiger partial charge in [-0.1, -0.05) is 30.3 Å². The quantitative estimate of drug-likeness (QED) is 0.916. The number of ether oxygens (including phenoxy) is 1. The minimum absolute atomic E-state index is 0.0643. The van der Waals surface area contributed by atoms with Gasteiger partial charge in [-0.2, -0.15) is 0 Å². The number of hydrogen-bond acceptors (Lipinski definition) is 2. The fourth-order valence-electron chi connectivity index (χ4n) is 2.99. The number of fused-ring (bicyclic) bond motifs is 1. The zero-order chi connectivity index (χ0) is 14.8. The van der Waals surface area contributed by atoms with Crippen LogP contribution < -0.4 is 10.5 Å². The van der Waals surface area contributed by atoms with Crippen molar-refractivity contribution < 1.29 is 4.74 Å². The molecule has 1 aliphatic rings. The topological polar surface area (TPSA) is 35.2 Å². The van der Waals surface area contributed by atoms with Crippen molar-refractivity contribution in [2.24, 2.45) is 5.73 Å². The molecule has 1 aliphatic carbocycles. The van der Waals surface area contributed by atoms with Crippen molar-refractivity contribution in [2.45, 2.75) is 45.8 Å². The van der Waals surface area contributed by atoms with Gasteiger partial charge in [-0.15, -0.1) is 0 Å². The van der Waals surface area contributed by atoms with Crippen molar-refractivity contribution in [2.75, 3.05) is 0 Å². The van der Waals surface area contributed by atoms with Crippen LogP contribution in [0.2, 0.25) is 0 Å². The molecule has 0 bridgehead atoms. The molecule has 2 nitrogen and oxygen atoms in total. The molecule has 0 unspecified atom stereocenters. The van der Waals surface area contributed by atoms with Gasteiger partial charge in [-0.05, 0) is 67.0 Å². The number of nitrogens with two attached hydrogens (primary N) is 1. The van der Waals surface area contributed by atoms with Gasteiger partial charge in [0.15, 0.2) is 0 Å². The van der Waals surface area contributed by atoms with Gasteiger partial charge in [0.05, 0.1) is 0 Å². The van der Waals surface area contributed by atoms with Gasteiger partial charge < -0.3 is 10.5 Å². The average Bonchev–Trinajstić information content (AvgIpc) is 2.93. The molecule has 0 amide bonds. The molecule has 21 heavy (non-hydrogen) atoms. The number of rotatable bonds is 4. The van der Waals surface area contributed by atoms with Crippen LogP contribution in [-0.2, 0) is 19.4 Å². The van der Waals surface area contributed by atoms with Gasteiger partial charge in [-0.25, -0.2) is 0 Å². The molecule has 0 spiro atoms. The molecule has 3 rings (SSSR count). The average molecular weight is 281 g/mol. The molecule has 0 heterocycles. The Labute approximate surface area is 126 Å². The van der Waals surface area contributed by atoms with Gasteiger partial charge in [0.25, 0.3) is 0 Å². The Kier molecular flexibility index (Phi) is 3.98. The maximum atomic E-state index is 5.98. The van der Waals surface area contributed by atoms with Crippen LogP contribution in [0.1, 0.15) is 47.2 Å². The summed E-state index contributed by atoms with van der Waals surface area (Å²) >= 11 is 0. The summed E-state index contributed by atoms with van der Waals surface area (Å²) in [6.07, 6.45) is 3.73. The van der Waals surface area contributed by atoms with Gasteiger partial charge in [0.2, 0.25) is 0 Å². The van der Waals surface area contributed by atoms with E-state index in [-0.39, 0.29) is 6.04 Å². The van der Waals surface area contributed by atoms with Crippen LogP contribution in [0.4, 0.5) is 0 Å². The minimum atomic E-state index is 0.0643. The Bertz CT molecular complexity index is 646. The fourth-order valence-corrected chi connectivity index (χ4v) is 2.99. The first-order valence-electron chi connectivity index (χ1n) is 7.73. The van der Waals surface area contributed by atoms with Gasteiger partial charge in [-0.3, -0.25) is 0 Å². The van der Waals surface area contributed by atoms with E-state index in [1.54, 1.807) is 0 Å². The molecule has 0 radical (unpaired) electrons. The second-order valence-corrected chi connectivity index (χ2v) is 6.06. The highest BCUT2D eigenvalue weighted by Crippen LogP contribution is 2.25. The third kappa shape index (κ3) is 3.11. The first-order valence-corrected chi connectivity index (χ1v) is 7.73. The van der Waals surface area contributed by atoms with Gasteiger partial charge in [0, 0.05) is 6.04 Å². The Hall–Kier alpha value is -1.80. The molecule has 2 aromatic carbocycles. The Balaban J connectivity index is 1.70. The Morgan fingerprint density at radius 2 is 1.90 bits per heavy atom. The summed E-state index contributed by atoms with van der Waals surface area (Å²) in [5, 5.41) is 0. The maximum absolute atomic E-state index is 5.98. The Morgan fingerprint density at radius 1 is 1.10 bits per heavy atom. The summed E-state index contributed by atoms with van der Waals surface area (Å²) in [6, 6.07) is 13.0. The molecular weight excluding hydrogens is 258 g/mol. The van der Waals surface area contributed by atoms with Crippen molar-refractivity contribution in [3.8, 4) is 5.75 Å². The summed E-state index contributed by atoms with van der Waals surface area (Å²) in [7, 11) is 0. The predicted molar refractivity (Wildman–Crippen MR) is 86.6 cm³/mol. The second-order valence-electron chi connectivity index (χ2n) is 6.06. The van der Waals surface area contributed by atoms with E-state index in [4.69, 9.17) is 10.5 Å². The second kappa shape index (κ2) is 5.90. The zero-order valence-electron chi connectivity index (χ0n) is 12.9. The molecule has 0 saturated carbocycles. The number of aryl methyl sites for hydroxylation is 3. The van der Waals surface area contributed by atoms with E-state index in [0.717, 1.165) is 16.9 Å². The van der Waals surface area contributed by atoms with Crippen LogP contribution in [0.15, 0.2) is 36.4 Å². The van der Waals surface area contributed by atoms with E-state index in [9.17, 15) is 0 Å². The molecule has 0 aromatic heterocycles. The van der Waals surface area contributed by atoms with Crippen molar-refractivity contribution in [3.63, 3.8) is 0 Å². The lowest BCUT2D eigenvalue weighted by atomic mass is 10.1. The largest absolute Gasteiger partial charge is 0.489 e. The molecule has 0 fully saturated rings. The van der Waals surface area contributed by atoms with Crippen molar-refractivity contribution >= 4 is 0 Å². The molecule has 0 saturated heterocycles. The molecular formula is C19H23NO. The van der Waals surface area contributed by atoms with Crippen molar-refractivity contribution in [1.82, 2.24) is 0 Å². The fraction of sp³-hybridized carbons (Fsp3) is 0.368. The zero-order valence-corrected chi connectivity index (χ0v) is 12.9. The summed E-state index contributed by atoms with van der Waals surface area (Å²) < 4.78 is 5.98. The minimum Gasteiger partial charge on any atom is -0.489 e. The third-order valence-electron chi connectivity index (χ3n) is 4.28. The Morgan fingerprint density at radius 3 is 2.67 bits per heavy atom. The van der Waals surface area contributed by atoms with Crippen LogP contribution in [0.3, 0.4) is 0 Å². The normalized spacial score (nSPS) is 14.8. The first kappa shape index (κ1) is 14.2. The van der Waals surface area contributed by atoms with Crippen LogP contribution in [0.5, 0.6) is 5.75 Å². The number of hydrogen-bond donors (Lipinski definition) is 1. The lowest BCUT2D eigenvalue weighted by molar-refractivity contribution is 0.304. The summed E-state index contributed by atoms with van der Waals surface area (Å²) in [5.41, 5.74) is 12.5. The SMILES string of the molecule is Cc1cc([C@@H](C)N)ccc1OCc1ccc2c(c1)CCC2. The van der Waals surface area contributed by atoms with E-state index >= 15 is 0 Å². The van der Waals surface area contributed by atoms with Crippen LogP contribution in [0, 0.1) is 6.92 Å². The highest BCUT2D eigenvalue weighted by Gasteiger charge is 2.11. The number of benzene rings is 2. The smallest absolute Gasteiger partial charge is 0.122 e. The maximum Gasteiger partial charge on any atom is 0.122 e. The predicted octanol–water partition coefficient (Wildman–Crippen LogP) is 4.08. The lowest BCUT2D eigenvalue weighted by Crippen LogP contribution is -2.05. The highest BCUT2D eigenvalue weighted by molar-refractivity contribution is 5.38. The molecule has 1 atom stereocenters. The molecule has 110 valence electrons. The first-order chi connectivity index (χ1) is 10.1. The van der Waals surface area contributed by atoms with E-state index in [0.29, 0.717) is 6.61 Å². The van der Waals surface area contributed by atoms with Crippen LogP contribution in [-0.4, -0.2) is 0 Å². The van der Waals surface area contributed by atoms with E-state index < -0.39 is 0 Å². The van der Waals surface area contributed by atoms with Gasteiger partial charge >= 0.3 is 0 Å². The molecule has 2 heteroatoms. The van der Waals surface area contributed by atoms with Crippen molar-refractivity contribution in [1.29, 1.82) is 0 Å². The monoisotopic (exact) mass is 281 g/mol. The summed E-state index contributed by atoms with van der Waals surface area (Å²) in [5.74, 6) is 0.944. The van der Waals surface area contributed by atoms with E-state index in [2.05, 4.69) is 37.3 Å². The van der Waals surface area contributed by atoms with E-state index in [1.165, 1.54) is 36.0 Å². The molecule has 2 aromatic rings. The van der Waals surface area contributed by atoms with Gasteiger partial charge in [0.1, 0.15) is 12.4 Å². The highest BCUT2D eigenvalue weighted by atomic mass is 16.5. The standard InChI is InChI=1S/C19H23NO/c1-13-10-17(14(2)20)8-9-19(13)21-12-15-6-7-16-4-3-5-18(16)11-15/h6-11,14H,3-5,12,20H2,1-2H3/t14-/m1/s1. The van der Waals surface area contributed by atoms with E-state index in [1.807, 2.05) is 13.0 Å². The molecule has 2 N–H and O–H groups in total. The lowest BCUT2D eigenvalue weighted by Gasteiger charge is -2.13. The van der Waals surface area contributed by atoms with Crippen LogP contribution in [0.25, 0.3) is 0 Å². The van der Waals surface area contributed by atoms with Crippen LogP contribution >= 0.6 is 0 Å². The molecule has 0 aliphatic heterocycles. The summed E-state index contributed by atoms with van der Waals surface area (Å²) in [4.78, 5) is 0. The van der Waals surface area contributed by atoms with Crippen molar-refractivity contribution in [3.05, 3.63) is 64.2 Å².